The van der Waals surface area contributed by atoms with E-state index in [9.17, 15) is 19.2 Å². The van der Waals surface area contributed by atoms with Crippen LogP contribution in [0.1, 0.15) is 49.8 Å². The average Bonchev–Trinajstić information content (AvgIpc) is 3.04. The maximum absolute atomic E-state index is 12.3. The number of carbonyl (C=O) groups excluding carboxylic acids is 4. The lowest BCUT2D eigenvalue weighted by Crippen LogP contribution is -2.22. The first kappa shape index (κ1) is 24.6. The number of esters is 3. The molecule has 2 rings (SSSR count). The van der Waals surface area contributed by atoms with E-state index in [0.717, 1.165) is 17.5 Å². The molecule has 0 saturated carbocycles. The van der Waals surface area contributed by atoms with E-state index in [1.54, 1.807) is 20.8 Å². The van der Waals surface area contributed by atoms with E-state index in [1.807, 2.05) is 0 Å². The molecule has 0 aliphatic rings. The van der Waals surface area contributed by atoms with Crippen molar-refractivity contribution in [2.75, 3.05) is 25.1 Å². The molecule has 2 aromatic heterocycles. The highest BCUT2D eigenvalue weighted by Crippen LogP contribution is 2.34. The minimum atomic E-state index is -0.846. The number of ether oxygens (including phenoxy) is 3. The van der Waals surface area contributed by atoms with Crippen LogP contribution in [0.3, 0.4) is 0 Å². The predicted octanol–water partition coefficient (Wildman–Crippen LogP) is 3.91. The molecule has 0 aliphatic heterocycles. The zero-order valence-corrected chi connectivity index (χ0v) is 19.1. The van der Waals surface area contributed by atoms with Gasteiger partial charge in [0.05, 0.1) is 29.4 Å². The van der Waals surface area contributed by atoms with Gasteiger partial charge in [-0.25, -0.2) is 19.4 Å². The van der Waals surface area contributed by atoms with Gasteiger partial charge < -0.3 is 19.5 Å². The van der Waals surface area contributed by atoms with Crippen LogP contribution in [-0.4, -0.2) is 48.6 Å². The third-order valence-corrected chi connectivity index (χ3v) is 5.58. The third-order valence-electron chi connectivity index (χ3n) is 3.71. The number of hydrogen-bond donors (Lipinski definition) is 1. The van der Waals surface area contributed by atoms with Crippen LogP contribution in [0, 0.1) is 6.92 Å². The minimum Gasteiger partial charge on any atom is -0.462 e. The first-order chi connectivity index (χ1) is 14.7. The molecule has 1 N–H and O–H groups in total. The Labute approximate surface area is 191 Å². The Morgan fingerprint density at radius 3 is 2.29 bits per heavy atom. The van der Waals surface area contributed by atoms with Crippen LogP contribution in [0.5, 0.6) is 0 Å². The van der Waals surface area contributed by atoms with Gasteiger partial charge in [-0.05, 0) is 32.4 Å². The topological polar surface area (TPSA) is 121 Å². The number of nitrogens with one attached hydrogen (secondary N) is 1. The van der Waals surface area contributed by atoms with Crippen molar-refractivity contribution in [1.82, 2.24) is 4.98 Å². The number of pyridine rings is 1. The third kappa shape index (κ3) is 6.16. The monoisotopic (exact) mass is 488 g/mol. The van der Waals surface area contributed by atoms with Gasteiger partial charge in [0.15, 0.2) is 6.61 Å². The van der Waals surface area contributed by atoms with Crippen molar-refractivity contribution in [1.29, 1.82) is 0 Å². The van der Waals surface area contributed by atoms with Crippen molar-refractivity contribution < 1.29 is 33.4 Å². The highest BCUT2D eigenvalue weighted by molar-refractivity contribution is 7.18. The molecule has 0 saturated heterocycles. The molecule has 0 fully saturated rings. The van der Waals surface area contributed by atoms with Crippen LogP contribution in [-0.2, 0) is 19.0 Å². The lowest BCUT2D eigenvalue weighted by Gasteiger charge is -2.08. The number of hydrogen-bond acceptors (Lipinski definition) is 9. The van der Waals surface area contributed by atoms with E-state index in [0.29, 0.717) is 5.56 Å². The van der Waals surface area contributed by atoms with Crippen molar-refractivity contribution in [2.45, 2.75) is 20.8 Å². The van der Waals surface area contributed by atoms with Gasteiger partial charge in [-0.3, -0.25) is 4.79 Å². The molecule has 0 bridgehead atoms. The number of halogens is 2. The summed E-state index contributed by atoms with van der Waals surface area (Å²) in [5.74, 6) is -2.92. The van der Waals surface area contributed by atoms with E-state index in [-0.39, 0.29) is 44.4 Å². The molecule has 1 amide bonds. The molecular weight excluding hydrogens is 471 g/mol. The van der Waals surface area contributed by atoms with Gasteiger partial charge in [0.1, 0.15) is 15.0 Å². The van der Waals surface area contributed by atoms with E-state index in [2.05, 4.69) is 10.3 Å². The zero-order valence-electron chi connectivity index (χ0n) is 16.7. The Balaban J connectivity index is 2.16. The second kappa shape index (κ2) is 11.1. The fourth-order valence-electron chi connectivity index (χ4n) is 2.35. The van der Waals surface area contributed by atoms with Crippen LogP contribution in [0.15, 0.2) is 12.3 Å². The van der Waals surface area contributed by atoms with Crippen molar-refractivity contribution in [3.05, 3.63) is 44.0 Å². The van der Waals surface area contributed by atoms with Gasteiger partial charge in [-0.15, -0.1) is 11.3 Å². The molecule has 0 aliphatic carbocycles. The normalized spacial score (nSPS) is 10.4. The largest absolute Gasteiger partial charge is 0.462 e. The SMILES string of the molecule is CCOC(=O)c1sc(NC(=O)COC(=O)c2cnc(Cl)c(Cl)c2)c(C(=O)OCC)c1C. The maximum atomic E-state index is 12.3. The highest BCUT2D eigenvalue weighted by Gasteiger charge is 2.27. The van der Waals surface area contributed by atoms with Crippen molar-refractivity contribution in [2.24, 2.45) is 0 Å². The lowest BCUT2D eigenvalue weighted by atomic mass is 10.1. The molecular formula is C19H18Cl2N2O7S. The van der Waals surface area contributed by atoms with Crippen molar-refractivity contribution >= 4 is 63.4 Å². The van der Waals surface area contributed by atoms with E-state index < -0.39 is 30.4 Å². The van der Waals surface area contributed by atoms with Crippen LogP contribution >= 0.6 is 34.5 Å². The molecule has 2 heterocycles. The van der Waals surface area contributed by atoms with Gasteiger partial charge >= 0.3 is 17.9 Å². The zero-order chi connectivity index (χ0) is 23.1. The number of carbonyl (C=O) groups is 4. The second-order valence-electron chi connectivity index (χ2n) is 5.82. The van der Waals surface area contributed by atoms with Crippen LogP contribution in [0.4, 0.5) is 5.00 Å². The predicted molar refractivity (Wildman–Crippen MR) is 114 cm³/mol. The summed E-state index contributed by atoms with van der Waals surface area (Å²) in [6.45, 7) is 4.40. The molecule has 9 nitrogen and oxygen atoms in total. The number of rotatable bonds is 8. The molecule has 12 heteroatoms. The summed E-state index contributed by atoms with van der Waals surface area (Å²) in [4.78, 5) is 52.7. The van der Waals surface area contributed by atoms with E-state index >= 15 is 0 Å². The Morgan fingerprint density at radius 1 is 1.03 bits per heavy atom. The summed E-state index contributed by atoms with van der Waals surface area (Å²) in [5.41, 5.74) is 0.352. The second-order valence-corrected chi connectivity index (χ2v) is 7.61. The van der Waals surface area contributed by atoms with Gasteiger partial charge in [0.2, 0.25) is 0 Å². The number of aromatic nitrogens is 1. The Morgan fingerprint density at radius 2 is 1.68 bits per heavy atom. The molecule has 0 atom stereocenters. The molecule has 0 aromatic carbocycles. The smallest absolute Gasteiger partial charge is 0.348 e. The Hall–Kier alpha value is -2.69. The van der Waals surface area contributed by atoms with Crippen molar-refractivity contribution in [3.63, 3.8) is 0 Å². The van der Waals surface area contributed by atoms with Crippen LogP contribution in [0.25, 0.3) is 0 Å². The summed E-state index contributed by atoms with van der Waals surface area (Å²) in [6, 6.07) is 1.25. The molecule has 31 heavy (non-hydrogen) atoms. The molecule has 0 spiro atoms. The Bertz CT molecular complexity index is 1020. The van der Waals surface area contributed by atoms with Crippen LogP contribution < -0.4 is 5.32 Å². The molecule has 2 aromatic rings. The summed E-state index contributed by atoms with van der Waals surface area (Å²) in [5, 5.41) is 2.62. The lowest BCUT2D eigenvalue weighted by molar-refractivity contribution is -0.119. The molecule has 0 unspecified atom stereocenters. The quantitative estimate of drug-likeness (QED) is 0.337. The first-order valence-electron chi connectivity index (χ1n) is 8.95. The first-order valence-corrected chi connectivity index (χ1v) is 10.5. The average molecular weight is 489 g/mol. The molecule has 166 valence electrons. The van der Waals surface area contributed by atoms with E-state index in [4.69, 9.17) is 37.4 Å². The van der Waals surface area contributed by atoms with Gasteiger partial charge in [-0.2, -0.15) is 0 Å². The number of amides is 1. The van der Waals surface area contributed by atoms with E-state index in [1.165, 1.54) is 6.07 Å². The minimum absolute atomic E-state index is 0.00554. The summed E-state index contributed by atoms with van der Waals surface area (Å²) in [7, 11) is 0. The van der Waals surface area contributed by atoms with Crippen LogP contribution in [0.2, 0.25) is 10.2 Å². The van der Waals surface area contributed by atoms with Gasteiger partial charge in [0.25, 0.3) is 5.91 Å². The fourth-order valence-corrected chi connectivity index (χ4v) is 3.73. The fraction of sp³-hybridized carbons (Fsp3) is 0.316. The summed E-state index contributed by atoms with van der Waals surface area (Å²) >= 11 is 12.4. The number of thiophene rings is 1. The summed E-state index contributed by atoms with van der Waals surface area (Å²) < 4.78 is 14.9. The van der Waals surface area contributed by atoms with Gasteiger partial charge in [-0.1, -0.05) is 23.2 Å². The number of nitrogens with zero attached hydrogens (tertiary/aromatic N) is 1. The number of anilines is 1. The highest BCUT2D eigenvalue weighted by atomic mass is 35.5. The summed E-state index contributed by atoms with van der Waals surface area (Å²) in [6.07, 6.45) is 1.15. The standard InChI is InChI=1S/C19H18Cl2N2O7S/c1-4-28-18(26)13-9(3)14(19(27)29-5-2)31-16(13)23-12(24)8-30-17(25)10-6-11(20)15(21)22-7-10/h6-7H,4-5,8H2,1-3H3,(H,23,24). The Kier molecular flexibility index (Phi) is 8.78. The molecule has 0 radical (unpaired) electrons. The van der Waals surface area contributed by atoms with Gasteiger partial charge in [0, 0.05) is 6.20 Å². The van der Waals surface area contributed by atoms with Crippen molar-refractivity contribution in [3.8, 4) is 0 Å². The maximum Gasteiger partial charge on any atom is 0.348 e.